The van der Waals surface area contributed by atoms with E-state index in [9.17, 15) is 9.59 Å². The Balaban J connectivity index is 1.61. The first kappa shape index (κ1) is 26.7. The maximum Gasteiger partial charge on any atom is 0.318 e. The van der Waals surface area contributed by atoms with Gasteiger partial charge in [0.2, 0.25) is 11.9 Å². The molecule has 0 aliphatic carbocycles. The summed E-state index contributed by atoms with van der Waals surface area (Å²) in [5.74, 6) is 0.997. The average molecular weight is 514 g/mol. The van der Waals surface area contributed by atoms with Gasteiger partial charge in [0.05, 0.1) is 18.5 Å². The monoisotopic (exact) mass is 513 g/mol. The van der Waals surface area contributed by atoms with E-state index in [1.54, 1.807) is 18.4 Å². The van der Waals surface area contributed by atoms with Gasteiger partial charge >= 0.3 is 6.03 Å². The average Bonchev–Trinajstić information content (AvgIpc) is 3.53. The number of rotatable bonds is 8. The van der Waals surface area contributed by atoms with Crippen molar-refractivity contribution in [2.45, 2.75) is 52.6 Å². The van der Waals surface area contributed by atoms with Crippen molar-refractivity contribution in [2.75, 3.05) is 11.9 Å². The Bertz CT molecular complexity index is 1350. The van der Waals surface area contributed by atoms with Gasteiger partial charge in [-0.25, -0.2) is 9.78 Å². The lowest BCUT2D eigenvalue weighted by Crippen LogP contribution is -2.50. The number of amides is 3. The molecule has 2 aromatic carbocycles. The molecule has 8 nitrogen and oxygen atoms in total. The highest BCUT2D eigenvalue weighted by atomic mass is 16.3. The zero-order valence-electron chi connectivity index (χ0n) is 22.6. The zero-order valence-corrected chi connectivity index (χ0v) is 22.6. The number of benzene rings is 2. The summed E-state index contributed by atoms with van der Waals surface area (Å²) in [7, 11) is 0. The van der Waals surface area contributed by atoms with Gasteiger partial charge in [0.25, 0.3) is 0 Å². The number of hydrogen-bond acceptors (Lipinski definition) is 4. The normalized spacial score (nSPS) is 11.4. The first-order chi connectivity index (χ1) is 18.1. The van der Waals surface area contributed by atoms with Crippen molar-refractivity contribution in [3.05, 3.63) is 90.5 Å². The largest absolute Gasteiger partial charge is 0.467 e. The molecular formula is C30H35N5O3. The minimum Gasteiger partial charge on any atom is -0.467 e. The Morgan fingerprint density at radius 3 is 2.32 bits per heavy atom. The predicted octanol–water partition coefficient (Wildman–Crippen LogP) is 6.20. The third-order valence-corrected chi connectivity index (χ3v) is 5.90. The third kappa shape index (κ3) is 6.91. The molecule has 4 aromatic rings. The molecule has 3 amide bonds. The maximum absolute atomic E-state index is 13.3. The van der Waals surface area contributed by atoms with Crippen LogP contribution in [0.5, 0.6) is 0 Å². The maximum atomic E-state index is 13.3. The molecule has 2 N–H and O–H groups in total. The Morgan fingerprint density at radius 1 is 1.00 bits per heavy atom. The first-order valence-corrected chi connectivity index (χ1v) is 12.7. The number of furan rings is 1. The van der Waals surface area contributed by atoms with Gasteiger partial charge in [-0.1, -0.05) is 56.3 Å². The highest BCUT2D eigenvalue weighted by Gasteiger charge is 2.24. The SMILES string of the molecule is CC(C)c1ccc(-n2cc(-c3ccccc3)nc2NC(=O)CN(Cc2ccco2)C(=O)NC(C)(C)C)cc1. The Labute approximate surface area is 223 Å². The summed E-state index contributed by atoms with van der Waals surface area (Å²) in [5, 5.41) is 5.85. The quantitative estimate of drug-likeness (QED) is 0.293. The van der Waals surface area contributed by atoms with Crippen molar-refractivity contribution < 1.29 is 14.0 Å². The van der Waals surface area contributed by atoms with Gasteiger partial charge in [0.1, 0.15) is 12.3 Å². The summed E-state index contributed by atoms with van der Waals surface area (Å²) in [4.78, 5) is 32.4. The Hall–Kier alpha value is -4.33. The lowest BCUT2D eigenvalue weighted by molar-refractivity contribution is -0.117. The lowest BCUT2D eigenvalue weighted by atomic mass is 10.0. The fraction of sp³-hybridized carbons (Fsp3) is 0.300. The van der Waals surface area contributed by atoms with Crippen LogP contribution in [0, 0.1) is 0 Å². The van der Waals surface area contributed by atoms with Gasteiger partial charge in [-0.05, 0) is 56.5 Å². The number of hydrogen-bond donors (Lipinski definition) is 2. The summed E-state index contributed by atoms with van der Waals surface area (Å²) < 4.78 is 7.29. The molecular weight excluding hydrogens is 478 g/mol. The van der Waals surface area contributed by atoms with Gasteiger partial charge in [-0.3, -0.25) is 14.7 Å². The summed E-state index contributed by atoms with van der Waals surface area (Å²) in [6, 6.07) is 21.1. The van der Waals surface area contributed by atoms with E-state index >= 15 is 0 Å². The molecule has 38 heavy (non-hydrogen) atoms. The molecule has 0 aliphatic rings. The van der Waals surface area contributed by atoms with Crippen molar-refractivity contribution in [1.82, 2.24) is 19.8 Å². The van der Waals surface area contributed by atoms with E-state index in [4.69, 9.17) is 9.40 Å². The summed E-state index contributed by atoms with van der Waals surface area (Å²) >= 11 is 0. The molecule has 0 saturated heterocycles. The Kier molecular flexibility index (Phi) is 8.00. The van der Waals surface area contributed by atoms with Crippen molar-refractivity contribution in [3.8, 4) is 16.9 Å². The van der Waals surface area contributed by atoms with Crippen LogP contribution < -0.4 is 10.6 Å². The smallest absolute Gasteiger partial charge is 0.318 e. The molecule has 2 aromatic heterocycles. The zero-order chi connectivity index (χ0) is 27.3. The molecule has 0 atom stereocenters. The van der Waals surface area contributed by atoms with Gasteiger partial charge in [-0.2, -0.15) is 0 Å². The van der Waals surface area contributed by atoms with Gasteiger partial charge in [-0.15, -0.1) is 0 Å². The van der Waals surface area contributed by atoms with Crippen molar-refractivity contribution >= 4 is 17.9 Å². The van der Waals surface area contributed by atoms with Crippen LogP contribution in [0.25, 0.3) is 16.9 Å². The van der Waals surface area contributed by atoms with Crippen LogP contribution >= 0.6 is 0 Å². The number of carbonyl (C=O) groups excluding carboxylic acids is 2. The highest BCUT2D eigenvalue weighted by molar-refractivity contribution is 5.93. The second-order valence-electron chi connectivity index (χ2n) is 10.6. The Morgan fingerprint density at radius 2 is 1.71 bits per heavy atom. The van der Waals surface area contributed by atoms with Crippen molar-refractivity contribution in [2.24, 2.45) is 0 Å². The summed E-state index contributed by atoms with van der Waals surface area (Å²) in [5.41, 5.74) is 3.30. The van der Waals surface area contributed by atoms with Crippen molar-refractivity contribution in [1.29, 1.82) is 0 Å². The summed E-state index contributed by atoms with van der Waals surface area (Å²) in [6.07, 6.45) is 3.45. The number of nitrogens with one attached hydrogen (secondary N) is 2. The first-order valence-electron chi connectivity index (χ1n) is 12.7. The van der Waals surface area contributed by atoms with Crippen LogP contribution in [0.1, 0.15) is 51.9 Å². The van der Waals surface area contributed by atoms with E-state index < -0.39 is 5.54 Å². The van der Waals surface area contributed by atoms with E-state index in [0.717, 1.165) is 16.9 Å². The molecule has 0 unspecified atom stereocenters. The molecule has 8 heteroatoms. The van der Waals surface area contributed by atoms with Crippen LogP contribution in [-0.2, 0) is 11.3 Å². The second kappa shape index (κ2) is 11.4. The van der Waals surface area contributed by atoms with E-state index in [1.165, 1.54) is 10.5 Å². The van der Waals surface area contributed by atoms with Crippen LogP contribution in [0.3, 0.4) is 0 Å². The van der Waals surface area contributed by atoms with Crippen LogP contribution in [-0.4, -0.2) is 38.5 Å². The second-order valence-corrected chi connectivity index (χ2v) is 10.6. The van der Waals surface area contributed by atoms with Crippen LogP contribution in [0.15, 0.2) is 83.6 Å². The standard InChI is InChI=1S/C30H35N5O3/c1-21(2)22-13-15-24(16-14-22)35-19-26(23-10-7-6-8-11-23)31-28(35)32-27(36)20-34(18-25-12-9-17-38-25)29(37)33-30(3,4)5/h6-17,19,21H,18,20H2,1-5H3,(H,33,37)(H,31,32,36). The number of nitrogens with zero attached hydrogens (tertiary/aromatic N) is 3. The fourth-order valence-corrected chi connectivity index (χ4v) is 3.96. The molecule has 2 heterocycles. The minimum absolute atomic E-state index is 0.155. The fourth-order valence-electron chi connectivity index (χ4n) is 3.96. The van der Waals surface area contributed by atoms with E-state index in [1.807, 2.05) is 74.0 Å². The molecule has 0 fully saturated rings. The van der Waals surface area contributed by atoms with Gasteiger partial charge in [0.15, 0.2) is 0 Å². The molecule has 0 aliphatic heterocycles. The number of anilines is 1. The van der Waals surface area contributed by atoms with Gasteiger partial charge < -0.3 is 14.6 Å². The molecule has 0 bridgehead atoms. The highest BCUT2D eigenvalue weighted by Crippen LogP contribution is 2.25. The van der Waals surface area contributed by atoms with E-state index in [2.05, 4.69) is 36.6 Å². The predicted molar refractivity (Wildman–Crippen MR) is 149 cm³/mol. The lowest BCUT2D eigenvalue weighted by Gasteiger charge is -2.27. The molecule has 0 spiro atoms. The third-order valence-electron chi connectivity index (χ3n) is 5.90. The topological polar surface area (TPSA) is 92.4 Å². The van der Waals surface area contributed by atoms with Crippen molar-refractivity contribution in [3.63, 3.8) is 0 Å². The van der Waals surface area contributed by atoms with E-state index in [-0.39, 0.29) is 25.0 Å². The van der Waals surface area contributed by atoms with Gasteiger partial charge in [0, 0.05) is 23.0 Å². The number of carbonyl (C=O) groups is 2. The number of imidazole rings is 1. The number of urea groups is 1. The summed E-state index contributed by atoms with van der Waals surface area (Å²) in [6.45, 7) is 9.95. The molecule has 0 saturated carbocycles. The van der Waals surface area contributed by atoms with E-state index in [0.29, 0.717) is 17.6 Å². The minimum atomic E-state index is -0.460. The molecule has 4 rings (SSSR count). The molecule has 198 valence electrons. The number of aromatic nitrogens is 2. The van der Waals surface area contributed by atoms with Crippen LogP contribution in [0.4, 0.5) is 10.7 Å². The molecule has 0 radical (unpaired) electrons. The van der Waals surface area contributed by atoms with Crippen LogP contribution in [0.2, 0.25) is 0 Å².